The second kappa shape index (κ2) is 4.88. The van der Waals surface area contributed by atoms with Crippen molar-refractivity contribution >= 4 is 22.7 Å². The summed E-state index contributed by atoms with van der Waals surface area (Å²) in [5.41, 5.74) is 6.99. The van der Waals surface area contributed by atoms with Crippen molar-refractivity contribution in [2.45, 2.75) is 25.8 Å². The number of thiazole rings is 1. The van der Waals surface area contributed by atoms with Gasteiger partial charge in [0.15, 0.2) is 0 Å². The lowest BCUT2D eigenvalue weighted by molar-refractivity contribution is 0.644. The van der Waals surface area contributed by atoms with E-state index in [2.05, 4.69) is 34.8 Å². The van der Waals surface area contributed by atoms with E-state index in [1.54, 1.807) is 22.7 Å². The quantitative estimate of drug-likeness (QED) is 0.888. The molecule has 0 fully saturated rings. The lowest BCUT2D eigenvalue weighted by atomic mass is 10.2. The van der Waals surface area contributed by atoms with Crippen LogP contribution < -0.4 is 5.73 Å². The fourth-order valence-corrected chi connectivity index (χ4v) is 2.96. The third kappa shape index (κ3) is 2.65. The van der Waals surface area contributed by atoms with E-state index in [9.17, 15) is 0 Å². The van der Waals surface area contributed by atoms with E-state index in [0.29, 0.717) is 0 Å². The lowest BCUT2D eigenvalue weighted by Crippen LogP contribution is -2.21. The summed E-state index contributed by atoms with van der Waals surface area (Å²) in [6.45, 7) is 2.11. The molecule has 0 aliphatic heterocycles. The first-order chi connectivity index (χ1) is 7.29. The summed E-state index contributed by atoms with van der Waals surface area (Å²) < 4.78 is 0. The summed E-state index contributed by atoms with van der Waals surface area (Å²) in [5.74, 6) is 0. The molecular weight excluding hydrogens is 224 g/mol. The van der Waals surface area contributed by atoms with E-state index < -0.39 is 0 Å². The van der Waals surface area contributed by atoms with Gasteiger partial charge in [0.2, 0.25) is 0 Å². The molecule has 2 heterocycles. The Bertz CT molecular complexity index is 406. The predicted octanol–water partition coefficient (Wildman–Crippen LogP) is 3.15. The average molecular weight is 238 g/mol. The van der Waals surface area contributed by atoms with E-state index >= 15 is 0 Å². The molecule has 2 N–H and O–H groups in total. The van der Waals surface area contributed by atoms with Crippen molar-refractivity contribution in [3.05, 3.63) is 27.9 Å². The Morgan fingerprint density at radius 2 is 2.33 bits per heavy atom. The molecule has 2 rings (SSSR count). The number of nitrogens with zero attached hydrogens (tertiary/aromatic N) is 1. The van der Waals surface area contributed by atoms with Gasteiger partial charge in [-0.15, -0.1) is 22.7 Å². The Balaban J connectivity index is 2.11. The smallest absolute Gasteiger partial charge is 0.0948 e. The van der Waals surface area contributed by atoms with Crippen LogP contribution in [0, 0.1) is 0 Å². The monoisotopic (exact) mass is 238 g/mol. The SMILES string of the molecule is CCC(N)Cc1nc(-c2cccs2)cs1. The van der Waals surface area contributed by atoms with E-state index in [1.165, 1.54) is 4.88 Å². The highest BCUT2D eigenvalue weighted by Crippen LogP contribution is 2.26. The normalized spacial score (nSPS) is 12.9. The standard InChI is InChI=1S/C11H14N2S2/c1-2-8(12)6-11-13-9(7-15-11)10-4-3-5-14-10/h3-5,7-8H,2,6,12H2,1H3. The first-order valence-corrected chi connectivity index (χ1v) is 6.79. The largest absolute Gasteiger partial charge is 0.327 e. The highest BCUT2D eigenvalue weighted by molar-refractivity contribution is 7.14. The maximum absolute atomic E-state index is 5.90. The number of hydrogen-bond donors (Lipinski definition) is 1. The molecule has 2 nitrogen and oxygen atoms in total. The Morgan fingerprint density at radius 3 is 3.00 bits per heavy atom. The molecular formula is C11H14N2S2. The molecule has 0 aliphatic rings. The summed E-state index contributed by atoms with van der Waals surface area (Å²) in [6, 6.07) is 4.40. The zero-order valence-electron chi connectivity index (χ0n) is 8.64. The predicted molar refractivity (Wildman–Crippen MR) is 67.4 cm³/mol. The van der Waals surface area contributed by atoms with Gasteiger partial charge in [0.05, 0.1) is 15.6 Å². The Kier molecular flexibility index (Phi) is 3.51. The molecule has 0 aliphatic carbocycles. The highest BCUT2D eigenvalue weighted by Gasteiger charge is 2.08. The van der Waals surface area contributed by atoms with Crippen molar-refractivity contribution in [1.29, 1.82) is 0 Å². The molecule has 1 atom stereocenters. The highest BCUT2D eigenvalue weighted by atomic mass is 32.1. The molecule has 0 amide bonds. The summed E-state index contributed by atoms with van der Waals surface area (Å²) in [4.78, 5) is 5.83. The average Bonchev–Trinajstić information content (AvgIpc) is 2.85. The van der Waals surface area contributed by atoms with Crippen LogP contribution in [0.5, 0.6) is 0 Å². The first-order valence-electron chi connectivity index (χ1n) is 5.03. The van der Waals surface area contributed by atoms with Crippen molar-refractivity contribution in [2.24, 2.45) is 5.73 Å². The van der Waals surface area contributed by atoms with Crippen LogP contribution in [0.2, 0.25) is 0 Å². The minimum Gasteiger partial charge on any atom is -0.327 e. The van der Waals surface area contributed by atoms with Gasteiger partial charge >= 0.3 is 0 Å². The lowest BCUT2D eigenvalue weighted by Gasteiger charge is -2.04. The number of rotatable bonds is 4. The van der Waals surface area contributed by atoms with Crippen LogP contribution in [0.4, 0.5) is 0 Å². The zero-order chi connectivity index (χ0) is 10.7. The number of nitrogens with two attached hydrogens (primary N) is 1. The molecule has 0 saturated heterocycles. The molecule has 80 valence electrons. The van der Waals surface area contributed by atoms with Gasteiger partial charge < -0.3 is 5.73 Å². The number of aromatic nitrogens is 1. The fraction of sp³-hybridized carbons (Fsp3) is 0.364. The van der Waals surface area contributed by atoms with Crippen LogP contribution in [0.3, 0.4) is 0 Å². The van der Waals surface area contributed by atoms with Gasteiger partial charge in [0.1, 0.15) is 0 Å². The van der Waals surface area contributed by atoms with E-state index in [0.717, 1.165) is 23.5 Å². The van der Waals surface area contributed by atoms with Crippen molar-refractivity contribution < 1.29 is 0 Å². The first kappa shape index (κ1) is 10.8. The molecule has 1 unspecified atom stereocenters. The Labute approximate surface area is 97.8 Å². The minimum atomic E-state index is 0.243. The number of hydrogen-bond acceptors (Lipinski definition) is 4. The van der Waals surface area contributed by atoms with E-state index in [1.807, 2.05) is 0 Å². The van der Waals surface area contributed by atoms with Gasteiger partial charge in [-0.1, -0.05) is 13.0 Å². The Hall–Kier alpha value is -0.710. The van der Waals surface area contributed by atoms with Gasteiger partial charge in [0.25, 0.3) is 0 Å². The van der Waals surface area contributed by atoms with Gasteiger partial charge in [0, 0.05) is 17.8 Å². The molecule has 0 bridgehead atoms. The fourth-order valence-electron chi connectivity index (χ4n) is 1.31. The molecule has 0 saturated carbocycles. The minimum absolute atomic E-state index is 0.243. The maximum atomic E-state index is 5.90. The molecule has 4 heteroatoms. The Morgan fingerprint density at radius 1 is 1.47 bits per heavy atom. The molecule has 15 heavy (non-hydrogen) atoms. The van der Waals surface area contributed by atoms with Crippen molar-refractivity contribution in [1.82, 2.24) is 4.98 Å². The van der Waals surface area contributed by atoms with E-state index in [4.69, 9.17) is 5.73 Å². The molecule has 2 aromatic heterocycles. The van der Waals surface area contributed by atoms with Crippen molar-refractivity contribution in [2.75, 3.05) is 0 Å². The summed E-state index contributed by atoms with van der Waals surface area (Å²) >= 11 is 3.43. The number of thiophene rings is 1. The van der Waals surface area contributed by atoms with E-state index in [-0.39, 0.29) is 6.04 Å². The second-order valence-corrected chi connectivity index (χ2v) is 5.37. The van der Waals surface area contributed by atoms with Crippen LogP contribution in [0.1, 0.15) is 18.4 Å². The molecule has 2 aromatic rings. The van der Waals surface area contributed by atoms with Gasteiger partial charge in [-0.2, -0.15) is 0 Å². The van der Waals surface area contributed by atoms with Crippen LogP contribution in [0.25, 0.3) is 10.6 Å². The maximum Gasteiger partial charge on any atom is 0.0948 e. The van der Waals surface area contributed by atoms with Crippen molar-refractivity contribution in [3.8, 4) is 10.6 Å². The summed E-state index contributed by atoms with van der Waals surface area (Å²) in [7, 11) is 0. The summed E-state index contributed by atoms with van der Waals surface area (Å²) in [6.07, 6.45) is 1.90. The molecule has 0 spiro atoms. The molecule has 0 radical (unpaired) electrons. The van der Waals surface area contributed by atoms with Gasteiger partial charge in [-0.3, -0.25) is 0 Å². The third-order valence-electron chi connectivity index (χ3n) is 2.29. The zero-order valence-corrected chi connectivity index (χ0v) is 10.3. The van der Waals surface area contributed by atoms with Crippen molar-refractivity contribution in [3.63, 3.8) is 0 Å². The third-order valence-corrected chi connectivity index (χ3v) is 4.05. The van der Waals surface area contributed by atoms with Crippen LogP contribution in [-0.2, 0) is 6.42 Å². The van der Waals surface area contributed by atoms with Crippen LogP contribution in [0.15, 0.2) is 22.9 Å². The topological polar surface area (TPSA) is 38.9 Å². The molecule has 0 aromatic carbocycles. The second-order valence-electron chi connectivity index (χ2n) is 3.48. The summed E-state index contributed by atoms with van der Waals surface area (Å²) in [5, 5.41) is 5.34. The van der Waals surface area contributed by atoms with Gasteiger partial charge in [-0.25, -0.2) is 4.98 Å². The van der Waals surface area contributed by atoms with Crippen LogP contribution >= 0.6 is 22.7 Å². The van der Waals surface area contributed by atoms with Gasteiger partial charge in [-0.05, 0) is 17.9 Å². The van der Waals surface area contributed by atoms with Crippen LogP contribution in [-0.4, -0.2) is 11.0 Å².